The summed E-state index contributed by atoms with van der Waals surface area (Å²) >= 11 is 3.40. The average Bonchev–Trinajstić information content (AvgIpc) is 3.33. The summed E-state index contributed by atoms with van der Waals surface area (Å²) in [4.78, 5) is 27.7. The lowest BCUT2D eigenvalue weighted by Gasteiger charge is -2.23. The highest BCUT2D eigenvalue weighted by Crippen LogP contribution is 2.44. The van der Waals surface area contributed by atoms with Crippen LogP contribution in [0.3, 0.4) is 0 Å². The van der Waals surface area contributed by atoms with Crippen LogP contribution < -0.4 is 14.4 Å². The number of aliphatic hydroxyl groups excluding tert-OH is 1. The molecule has 1 aliphatic rings. The molecule has 1 amide bonds. The zero-order valence-corrected chi connectivity index (χ0v) is 19.2. The van der Waals surface area contributed by atoms with Gasteiger partial charge in [0.1, 0.15) is 34.8 Å². The van der Waals surface area contributed by atoms with Crippen LogP contribution in [-0.4, -0.2) is 31.0 Å². The second-order valence-corrected chi connectivity index (χ2v) is 8.08. The summed E-state index contributed by atoms with van der Waals surface area (Å²) in [6.45, 7) is 1.76. The number of Topliss-reactive ketones (excluding diaryl/α,β-unsaturated/α-hetero) is 1. The van der Waals surface area contributed by atoms with Crippen LogP contribution in [-0.2, 0) is 9.59 Å². The van der Waals surface area contributed by atoms with Crippen molar-refractivity contribution < 1.29 is 28.6 Å². The van der Waals surface area contributed by atoms with Gasteiger partial charge in [-0.1, -0.05) is 22.0 Å². The highest BCUT2D eigenvalue weighted by Gasteiger charge is 2.48. The minimum Gasteiger partial charge on any atom is -0.507 e. The van der Waals surface area contributed by atoms with Gasteiger partial charge in [0.05, 0.1) is 25.4 Å². The number of aliphatic hydroxyl groups is 1. The Balaban J connectivity index is 1.98. The smallest absolute Gasteiger partial charge is 0.300 e. The number of aryl methyl sites for hydroxylation is 1. The van der Waals surface area contributed by atoms with Crippen LogP contribution in [0.1, 0.15) is 23.1 Å². The lowest BCUT2D eigenvalue weighted by Crippen LogP contribution is -2.29. The van der Waals surface area contributed by atoms with Crippen LogP contribution in [0.25, 0.3) is 5.76 Å². The van der Waals surface area contributed by atoms with E-state index < -0.39 is 17.7 Å². The minimum absolute atomic E-state index is 0.101. The first kappa shape index (κ1) is 21.7. The van der Waals surface area contributed by atoms with Gasteiger partial charge in [-0.3, -0.25) is 14.5 Å². The van der Waals surface area contributed by atoms with E-state index in [0.717, 1.165) is 4.47 Å². The fourth-order valence-electron chi connectivity index (χ4n) is 3.74. The van der Waals surface area contributed by atoms with Gasteiger partial charge < -0.3 is 19.0 Å². The molecule has 2 heterocycles. The molecule has 1 fully saturated rings. The Kier molecular flexibility index (Phi) is 5.80. The van der Waals surface area contributed by atoms with E-state index in [9.17, 15) is 14.7 Å². The molecule has 1 aliphatic heterocycles. The molecular weight excluding hydrogens is 478 g/mol. The van der Waals surface area contributed by atoms with Crippen LogP contribution in [0.5, 0.6) is 11.5 Å². The van der Waals surface area contributed by atoms with E-state index in [-0.39, 0.29) is 16.9 Å². The Labute approximate surface area is 193 Å². The molecule has 32 heavy (non-hydrogen) atoms. The topological polar surface area (TPSA) is 89.2 Å². The molecule has 8 heteroatoms. The molecule has 7 nitrogen and oxygen atoms in total. The number of halogens is 1. The van der Waals surface area contributed by atoms with Gasteiger partial charge in [-0.05, 0) is 55.5 Å². The molecule has 2 aromatic carbocycles. The molecule has 0 aliphatic carbocycles. The van der Waals surface area contributed by atoms with E-state index in [1.165, 1.54) is 19.1 Å². The van der Waals surface area contributed by atoms with Crippen molar-refractivity contribution in [2.75, 3.05) is 19.1 Å². The molecule has 164 valence electrons. The monoisotopic (exact) mass is 497 g/mol. The zero-order valence-electron chi connectivity index (χ0n) is 17.6. The number of amides is 1. The normalized spacial score (nSPS) is 17.6. The fourth-order valence-corrected chi connectivity index (χ4v) is 4.13. The van der Waals surface area contributed by atoms with E-state index in [2.05, 4.69) is 15.9 Å². The predicted octanol–water partition coefficient (Wildman–Crippen LogP) is 4.99. The van der Waals surface area contributed by atoms with Gasteiger partial charge in [-0.25, -0.2) is 0 Å². The van der Waals surface area contributed by atoms with Crippen LogP contribution >= 0.6 is 15.9 Å². The number of hydrogen-bond acceptors (Lipinski definition) is 6. The summed E-state index contributed by atoms with van der Waals surface area (Å²) in [7, 11) is 2.94. The Morgan fingerprint density at radius 3 is 2.47 bits per heavy atom. The summed E-state index contributed by atoms with van der Waals surface area (Å²) in [5.74, 6) is -0.234. The molecule has 0 saturated carbocycles. The molecule has 4 rings (SSSR count). The minimum atomic E-state index is -0.964. The Bertz CT molecular complexity index is 1240. The number of furan rings is 1. The standard InChI is InChI=1S/C24H20BrNO6/c1-13-7-9-19(32-13)21-20(22(27)17-12-16(30-2)8-10-18(17)31-3)23(28)24(29)26(21)15-6-4-5-14(25)11-15/h4-12,21,27H,1-3H3/b22-20-. The van der Waals surface area contributed by atoms with Gasteiger partial charge in [-0.2, -0.15) is 0 Å². The van der Waals surface area contributed by atoms with E-state index in [1.807, 2.05) is 6.07 Å². The van der Waals surface area contributed by atoms with Crippen molar-refractivity contribution >= 4 is 39.1 Å². The summed E-state index contributed by atoms with van der Waals surface area (Å²) in [6.07, 6.45) is 0. The first-order valence-corrected chi connectivity index (χ1v) is 10.5. The number of nitrogens with zero attached hydrogens (tertiary/aromatic N) is 1. The van der Waals surface area contributed by atoms with Crippen molar-refractivity contribution in [2.45, 2.75) is 13.0 Å². The second-order valence-electron chi connectivity index (χ2n) is 7.16. The summed E-state index contributed by atoms with van der Waals surface area (Å²) in [6, 6.07) is 14.3. The predicted molar refractivity (Wildman–Crippen MR) is 122 cm³/mol. The molecule has 0 spiro atoms. The number of rotatable bonds is 5. The number of carbonyl (C=O) groups is 2. The zero-order chi connectivity index (χ0) is 23.0. The summed E-state index contributed by atoms with van der Waals surface area (Å²) in [5, 5.41) is 11.3. The van der Waals surface area contributed by atoms with Crippen molar-refractivity contribution in [2.24, 2.45) is 0 Å². The molecule has 3 aromatic rings. The van der Waals surface area contributed by atoms with Gasteiger partial charge in [0.2, 0.25) is 0 Å². The van der Waals surface area contributed by atoms with Gasteiger partial charge in [0.25, 0.3) is 11.7 Å². The Hall–Kier alpha value is -3.52. The average molecular weight is 498 g/mol. The first-order chi connectivity index (χ1) is 15.3. The summed E-state index contributed by atoms with van der Waals surface area (Å²) in [5.41, 5.74) is 0.612. The molecule has 0 radical (unpaired) electrons. The third-order valence-corrected chi connectivity index (χ3v) is 5.72. The van der Waals surface area contributed by atoms with Crippen molar-refractivity contribution in [3.63, 3.8) is 0 Å². The van der Waals surface area contributed by atoms with E-state index in [4.69, 9.17) is 13.9 Å². The largest absolute Gasteiger partial charge is 0.507 e. The quantitative estimate of drug-likeness (QED) is 0.303. The van der Waals surface area contributed by atoms with Crippen molar-refractivity contribution in [1.82, 2.24) is 0 Å². The number of ketones is 1. The molecule has 1 unspecified atom stereocenters. The van der Waals surface area contributed by atoms with Gasteiger partial charge in [-0.15, -0.1) is 0 Å². The molecule has 0 bridgehead atoms. The van der Waals surface area contributed by atoms with Gasteiger partial charge in [0.15, 0.2) is 0 Å². The molecular formula is C24H20BrNO6. The highest BCUT2D eigenvalue weighted by molar-refractivity contribution is 9.10. The van der Waals surface area contributed by atoms with E-state index in [0.29, 0.717) is 28.7 Å². The maximum absolute atomic E-state index is 13.2. The molecule has 1 atom stereocenters. The molecule has 1 N–H and O–H groups in total. The van der Waals surface area contributed by atoms with Gasteiger partial charge in [0, 0.05) is 10.2 Å². The molecule has 1 saturated heterocycles. The number of hydrogen-bond donors (Lipinski definition) is 1. The Morgan fingerprint density at radius 1 is 1.06 bits per heavy atom. The number of methoxy groups -OCH3 is 2. The lowest BCUT2D eigenvalue weighted by molar-refractivity contribution is -0.132. The maximum atomic E-state index is 13.2. The fraction of sp³-hybridized carbons (Fsp3) is 0.167. The lowest BCUT2D eigenvalue weighted by atomic mass is 9.98. The van der Waals surface area contributed by atoms with Gasteiger partial charge >= 0.3 is 0 Å². The number of carbonyl (C=O) groups excluding carboxylic acids is 2. The third-order valence-electron chi connectivity index (χ3n) is 5.22. The van der Waals surface area contributed by atoms with Crippen LogP contribution in [0, 0.1) is 6.92 Å². The number of ether oxygens (including phenoxy) is 2. The summed E-state index contributed by atoms with van der Waals surface area (Å²) < 4.78 is 17.2. The Morgan fingerprint density at radius 2 is 1.84 bits per heavy atom. The highest BCUT2D eigenvalue weighted by atomic mass is 79.9. The maximum Gasteiger partial charge on any atom is 0.300 e. The number of anilines is 1. The van der Waals surface area contributed by atoms with Crippen molar-refractivity contribution in [3.05, 3.63) is 81.7 Å². The van der Waals surface area contributed by atoms with Crippen LogP contribution in [0.15, 0.2) is 69.1 Å². The second kappa shape index (κ2) is 8.55. The third kappa shape index (κ3) is 3.67. The van der Waals surface area contributed by atoms with Crippen molar-refractivity contribution in [3.8, 4) is 11.5 Å². The SMILES string of the molecule is COc1ccc(OC)c(/C(O)=C2/C(=O)C(=O)N(c3cccc(Br)c3)C2c2ccc(C)o2)c1. The van der Waals surface area contributed by atoms with Crippen LogP contribution in [0.4, 0.5) is 5.69 Å². The van der Waals surface area contributed by atoms with E-state index in [1.54, 1.807) is 55.5 Å². The van der Waals surface area contributed by atoms with Crippen LogP contribution in [0.2, 0.25) is 0 Å². The van der Waals surface area contributed by atoms with Crippen molar-refractivity contribution in [1.29, 1.82) is 0 Å². The first-order valence-electron chi connectivity index (χ1n) is 9.71. The molecule has 1 aromatic heterocycles. The number of benzene rings is 2. The van der Waals surface area contributed by atoms with E-state index >= 15 is 0 Å².